The minimum absolute atomic E-state index is 0.283. The van der Waals surface area contributed by atoms with Crippen LogP contribution in [-0.2, 0) is 0 Å². The Morgan fingerprint density at radius 2 is 1.19 bits per heavy atom. The molecular formula is C14H14N2. The molecule has 3 aliphatic rings. The topological polar surface area (TPSA) is 24.1 Å². The maximum Gasteiger partial charge on any atom is 0.0709 e. The number of allylic oxidation sites excluding steroid dienone is 4. The molecule has 0 bridgehead atoms. The molecule has 0 spiro atoms. The zero-order valence-corrected chi connectivity index (χ0v) is 8.93. The fourth-order valence-corrected chi connectivity index (χ4v) is 2.06. The molecule has 2 unspecified atom stereocenters. The summed E-state index contributed by atoms with van der Waals surface area (Å²) in [4.78, 5) is 0. The Bertz CT molecular complexity index is 417. The standard InChI is InChI=1S/C14H14N2/c1-3-7-13-11(5-1)9-15-14-8-4-2-6-12(14)10-16-13/h1-10,13-16H/b11-9-,12-10-. The highest BCUT2D eigenvalue weighted by molar-refractivity contribution is 5.42. The number of hydrogen-bond acceptors (Lipinski definition) is 2. The van der Waals surface area contributed by atoms with Crippen LogP contribution in [0.4, 0.5) is 0 Å². The molecule has 0 aromatic rings. The smallest absolute Gasteiger partial charge is 0.0709 e. The SMILES string of the molecule is C1=C/C2=C/NC3C=CC=C/C3=C/NC2C=C1. The second kappa shape index (κ2) is 3.89. The van der Waals surface area contributed by atoms with Gasteiger partial charge in [0.2, 0.25) is 0 Å². The van der Waals surface area contributed by atoms with Gasteiger partial charge in [0.25, 0.3) is 0 Å². The Morgan fingerprint density at radius 1 is 0.688 bits per heavy atom. The highest BCUT2D eigenvalue weighted by atomic mass is 14.9. The van der Waals surface area contributed by atoms with E-state index in [2.05, 4.69) is 71.6 Å². The highest BCUT2D eigenvalue weighted by Crippen LogP contribution is 2.17. The largest absolute Gasteiger partial charge is 0.380 e. The zero-order valence-electron chi connectivity index (χ0n) is 8.93. The summed E-state index contributed by atoms with van der Waals surface area (Å²) >= 11 is 0. The predicted octanol–water partition coefficient (Wildman–Crippen LogP) is 1.94. The predicted molar refractivity (Wildman–Crippen MR) is 66.6 cm³/mol. The van der Waals surface area contributed by atoms with Crippen LogP contribution >= 0.6 is 0 Å². The van der Waals surface area contributed by atoms with E-state index >= 15 is 0 Å². The summed E-state index contributed by atoms with van der Waals surface area (Å²) < 4.78 is 0. The lowest BCUT2D eigenvalue weighted by Crippen LogP contribution is -2.34. The Balaban J connectivity index is 1.91. The summed E-state index contributed by atoms with van der Waals surface area (Å²) in [6.07, 6.45) is 21.0. The fourth-order valence-electron chi connectivity index (χ4n) is 2.06. The first kappa shape index (κ1) is 9.28. The molecule has 2 nitrogen and oxygen atoms in total. The van der Waals surface area contributed by atoms with Crippen molar-refractivity contribution >= 4 is 0 Å². The molecule has 1 aliphatic heterocycles. The van der Waals surface area contributed by atoms with Gasteiger partial charge in [0.1, 0.15) is 0 Å². The monoisotopic (exact) mass is 210 g/mol. The molecule has 0 aromatic carbocycles. The van der Waals surface area contributed by atoms with Crippen LogP contribution in [0.15, 0.2) is 72.2 Å². The van der Waals surface area contributed by atoms with Crippen molar-refractivity contribution in [3.05, 3.63) is 72.2 Å². The van der Waals surface area contributed by atoms with Crippen molar-refractivity contribution in [3.8, 4) is 0 Å². The molecule has 2 aliphatic carbocycles. The van der Waals surface area contributed by atoms with Gasteiger partial charge in [-0.25, -0.2) is 0 Å². The minimum Gasteiger partial charge on any atom is -0.380 e. The van der Waals surface area contributed by atoms with E-state index in [-0.39, 0.29) is 12.1 Å². The molecule has 0 amide bonds. The molecule has 2 atom stereocenters. The van der Waals surface area contributed by atoms with E-state index in [4.69, 9.17) is 0 Å². The Hall–Kier alpha value is -1.96. The van der Waals surface area contributed by atoms with Crippen LogP contribution < -0.4 is 10.6 Å². The van der Waals surface area contributed by atoms with Crippen LogP contribution in [0.5, 0.6) is 0 Å². The molecule has 0 aromatic heterocycles. The lowest BCUT2D eigenvalue weighted by atomic mass is 9.98. The molecule has 0 fully saturated rings. The van der Waals surface area contributed by atoms with Crippen molar-refractivity contribution in [3.63, 3.8) is 0 Å². The lowest BCUT2D eigenvalue weighted by Gasteiger charge is -2.25. The van der Waals surface area contributed by atoms with E-state index in [0.29, 0.717) is 0 Å². The van der Waals surface area contributed by atoms with Crippen molar-refractivity contribution in [2.24, 2.45) is 0 Å². The van der Waals surface area contributed by atoms with Crippen LogP contribution in [0.1, 0.15) is 0 Å². The molecular weight excluding hydrogens is 196 g/mol. The molecule has 0 saturated carbocycles. The maximum absolute atomic E-state index is 3.43. The van der Waals surface area contributed by atoms with Gasteiger partial charge in [-0.2, -0.15) is 0 Å². The van der Waals surface area contributed by atoms with E-state index in [1.807, 2.05) is 0 Å². The van der Waals surface area contributed by atoms with Gasteiger partial charge >= 0.3 is 0 Å². The average Bonchev–Trinajstić information content (AvgIpc) is 2.32. The summed E-state index contributed by atoms with van der Waals surface area (Å²) in [5.41, 5.74) is 2.53. The third-order valence-electron chi connectivity index (χ3n) is 2.98. The first-order valence-electron chi connectivity index (χ1n) is 5.55. The average molecular weight is 210 g/mol. The van der Waals surface area contributed by atoms with Gasteiger partial charge in [0.05, 0.1) is 12.1 Å². The second-order valence-corrected chi connectivity index (χ2v) is 4.07. The van der Waals surface area contributed by atoms with Crippen LogP contribution in [0.2, 0.25) is 0 Å². The van der Waals surface area contributed by atoms with E-state index < -0.39 is 0 Å². The summed E-state index contributed by atoms with van der Waals surface area (Å²) in [5.74, 6) is 0. The van der Waals surface area contributed by atoms with Crippen LogP contribution in [-0.4, -0.2) is 12.1 Å². The van der Waals surface area contributed by atoms with E-state index in [1.165, 1.54) is 11.1 Å². The molecule has 16 heavy (non-hydrogen) atoms. The van der Waals surface area contributed by atoms with Gasteiger partial charge in [-0.3, -0.25) is 0 Å². The number of fused-ring (bicyclic) bond motifs is 2. The molecule has 3 rings (SSSR count). The maximum atomic E-state index is 3.43. The summed E-state index contributed by atoms with van der Waals surface area (Å²) in [7, 11) is 0. The van der Waals surface area contributed by atoms with Crippen LogP contribution in [0.3, 0.4) is 0 Å². The van der Waals surface area contributed by atoms with E-state index in [1.54, 1.807) is 0 Å². The zero-order chi connectivity index (χ0) is 10.8. The molecule has 0 saturated heterocycles. The van der Waals surface area contributed by atoms with Crippen molar-refractivity contribution in [2.45, 2.75) is 12.1 Å². The molecule has 2 N–H and O–H groups in total. The molecule has 0 radical (unpaired) electrons. The Labute approximate surface area is 95.4 Å². The third-order valence-corrected chi connectivity index (χ3v) is 2.98. The lowest BCUT2D eigenvalue weighted by molar-refractivity contribution is 0.721. The van der Waals surface area contributed by atoms with Crippen molar-refractivity contribution in [1.29, 1.82) is 0 Å². The normalized spacial score (nSPS) is 36.5. The first-order valence-corrected chi connectivity index (χ1v) is 5.55. The number of hydrogen-bond donors (Lipinski definition) is 2. The van der Waals surface area contributed by atoms with E-state index in [9.17, 15) is 0 Å². The van der Waals surface area contributed by atoms with Gasteiger partial charge in [-0.1, -0.05) is 48.6 Å². The molecule has 2 heteroatoms. The Kier molecular flexibility index (Phi) is 2.26. The summed E-state index contributed by atoms with van der Waals surface area (Å²) in [5, 5.41) is 6.86. The van der Waals surface area contributed by atoms with Crippen molar-refractivity contribution in [1.82, 2.24) is 10.6 Å². The van der Waals surface area contributed by atoms with Crippen LogP contribution in [0.25, 0.3) is 0 Å². The quantitative estimate of drug-likeness (QED) is 0.638. The van der Waals surface area contributed by atoms with Gasteiger partial charge in [0, 0.05) is 12.4 Å². The highest BCUT2D eigenvalue weighted by Gasteiger charge is 2.16. The van der Waals surface area contributed by atoms with Crippen molar-refractivity contribution in [2.75, 3.05) is 0 Å². The summed E-state index contributed by atoms with van der Waals surface area (Å²) in [6, 6.07) is 0.565. The number of nitrogens with one attached hydrogen (secondary N) is 2. The second-order valence-electron chi connectivity index (χ2n) is 4.07. The number of rotatable bonds is 0. The third kappa shape index (κ3) is 1.63. The van der Waals surface area contributed by atoms with Crippen molar-refractivity contribution < 1.29 is 0 Å². The van der Waals surface area contributed by atoms with Crippen LogP contribution in [0, 0.1) is 0 Å². The van der Waals surface area contributed by atoms with E-state index in [0.717, 1.165) is 0 Å². The van der Waals surface area contributed by atoms with Gasteiger partial charge in [-0.15, -0.1) is 0 Å². The first-order chi connectivity index (χ1) is 7.93. The molecule has 1 heterocycles. The van der Waals surface area contributed by atoms with Gasteiger partial charge in [-0.05, 0) is 11.1 Å². The minimum atomic E-state index is 0.283. The molecule has 80 valence electrons. The Morgan fingerprint density at radius 3 is 1.69 bits per heavy atom. The van der Waals surface area contributed by atoms with Gasteiger partial charge in [0.15, 0.2) is 0 Å². The fraction of sp³-hybridized carbons (Fsp3) is 0.143. The van der Waals surface area contributed by atoms with Gasteiger partial charge < -0.3 is 10.6 Å². The summed E-state index contributed by atoms with van der Waals surface area (Å²) in [6.45, 7) is 0.